The van der Waals surface area contributed by atoms with Crippen LogP contribution >= 0.6 is 0 Å². The number of carbonyl (C=O) groups excluding carboxylic acids is 1. The maximum Gasteiger partial charge on any atom is 0.252 e. The van der Waals surface area contributed by atoms with Crippen molar-refractivity contribution in [3.63, 3.8) is 0 Å². The molecule has 4 rings (SSSR count). The third-order valence-electron chi connectivity index (χ3n) is 5.48. The van der Waals surface area contributed by atoms with Gasteiger partial charge in [-0.05, 0) is 44.0 Å². The summed E-state index contributed by atoms with van der Waals surface area (Å²) in [7, 11) is 1.68. The molecule has 3 heterocycles. The molecule has 1 aromatic carbocycles. The highest BCUT2D eigenvalue weighted by atomic mass is 16.5. The second kappa shape index (κ2) is 8.79. The molecule has 0 N–H and O–H groups in total. The van der Waals surface area contributed by atoms with Crippen LogP contribution in [0, 0.1) is 13.8 Å². The van der Waals surface area contributed by atoms with Crippen molar-refractivity contribution in [3.05, 3.63) is 53.1 Å². The van der Waals surface area contributed by atoms with Crippen molar-refractivity contribution in [2.24, 2.45) is 0 Å². The average Bonchev–Trinajstić information content (AvgIpc) is 2.98. The molecule has 0 spiro atoms. The first-order valence-electron chi connectivity index (χ1n) is 10.3. The summed E-state index contributed by atoms with van der Waals surface area (Å²) in [4.78, 5) is 26.1. The van der Waals surface area contributed by atoms with Crippen LogP contribution in [0.3, 0.4) is 0 Å². The van der Waals surface area contributed by atoms with Crippen LogP contribution in [0.25, 0.3) is 5.78 Å². The molecule has 30 heavy (non-hydrogen) atoms. The van der Waals surface area contributed by atoms with Crippen molar-refractivity contribution in [2.45, 2.75) is 33.2 Å². The van der Waals surface area contributed by atoms with E-state index in [2.05, 4.69) is 32.1 Å². The fraction of sp³-hybridized carbons (Fsp3) is 0.455. The van der Waals surface area contributed by atoms with E-state index in [9.17, 15) is 4.79 Å². The third kappa shape index (κ3) is 4.59. The van der Waals surface area contributed by atoms with E-state index in [1.807, 2.05) is 36.9 Å². The largest absolute Gasteiger partial charge is 0.497 e. The first-order valence-corrected chi connectivity index (χ1v) is 10.3. The van der Waals surface area contributed by atoms with Crippen LogP contribution < -0.4 is 4.74 Å². The summed E-state index contributed by atoms with van der Waals surface area (Å²) in [6, 6.07) is 10.1. The summed E-state index contributed by atoms with van der Waals surface area (Å²) in [5.41, 5.74) is 3.12. The molecule has 0 unspecified atom stereocenters. The molecule has 1 fully saturated rings. The highest BCUT2D eigenvalue weighted by Gasteiger charge is 2.21. The van der Waals surface area contributed by atoms with Gasteiger partial charge >= 0.3 is 0 Å². The number of aryl methyl sites for hydroxylation is 2. The van der Waals surface area contributed by atoms with Gasteiger partial charge in [-0.25, -0.2) is 9.50 Å². The maximum atomic E-state index is 12.9. The molecule has 0 aliphatic carbocycles. The number of nitrogens with zero attached hydrogens (tertiary/aromatic N) is 6. The number of benzene rings is 1. The Morgan fingerprint density at radius 3 is 2.63 bits per heavy atom. The van der Waals surface area contributed by atoms with E-state index in [1.54, 1.807) is 11.6 Å². The molecule has 8 heteroatoms. The Morgan fingerprint density at radius 2 is 1.87 bits per heavy atom. The molecule has 1 amide bonds. The summed E-state index contributed by atoms with van der Waals surface area (Å²) >= 11 is 0. The normalized spacial score (nSPS) is 15.4. The SMILES string of the molecule is COc1ccc(CN2CCCN(C(=O)Cc3nc4nc(C)cc(C)n4n3)CC2)cc1. The van der Waals surface area contributed by atoms with Crippen LogP contribution in [0.4, 0.5) is 0 Å². The second-order valence-electron chi connectivity index (χ2n) is 7.81. The number of amides is 1. The fourth-order valence-corrected chi connectivity index (χ4v) is 3.90. The smallest absolute Gasteiger partial charge is 0.252 e. The number of carbonyl (C=O) groups is 1. The molecule has 1 aliphatic heterocycles. The highest BCUT2D eigenvalue weighted by molar-refractivity contribution is 5.78. The standard InChI is InChI=1S/C22H28N6O2/c1-16-13-17(2)28-22(23-16)24-20(25-28)14-21(29)27-10-4-9-26(11-12-27)15-18-5-7-19(30-3)8-6-18/h5-8,13H,4,9-12,14-15H2,1-3H3. The van der Waals surface area contributed by atoms with Gasteiger partial charge < -0.3 is 9.64 Å². The fourth-order valence-electron chi connectivity index (χ4n) is 3.90. The van der Waals surface area contributed by atoms with E-state index in [-0.39, 0.29) is 12.3 Å². The van der Waals surface area contributed by atoms with E-state index in [4.69, 9.17) is 4.74 Å². The van der Waals surface area contributed by atoms with Gasteiger partial charge in [0.2, 0.25) is 5.91 Å². The van der Waals surface area contributed by atoms with Crippen molar-refractivity contribution >= 4 is 11.7 Å². The molecule has 0 saturated carbocycles. The van der Waals surface area contributed by atoms with Crippen LogP contribution in [0.2, 0.25) is 0 Å². The van der Waals surface area contributed by atoms with Crippen LogP contribution in [0.15, 0.2) is 30.3 Å². The van der Waals surface area contributed by atoms with E-state index >= 15 is 0 Å². The van der Waals surface area contributed by atoms with Gasteiger partial charge in [0, 0.05) is 44.1 Å². The van der Waals surface area contributed by atoms with Crippen molar-refractivity contribution in [1.82, 2.24) is 29.4 Å². The zero-order valence-electron chi connectivity index (χ0n) is 17.8. The minimum absolute atomic E-state index is 0.0755. The predicted octanol–water partition coefficient (Wildman–Crippen LogP) is 2.03. The molecule has 0 radical (unpaired) electrons. The zero-order chi connectivity index (χ0) is 21.1. The Bertz CT molecular complexity index is 1030. The van der Waals surface area contributed by atoms with Crippen molar-refractivity contribution in [3.8, 4) is 5.75 Å². The lowest BCUT2D eigenvalue weighted by atomic mass is 10.2. The molecule has 158 valence electrons. The lowest BCUT2D eigenvalue weighted by Gasteiger charge is -2.22. The quantitative estimate of drug-likeness (QED) is 0.643. The third-order valence-corrected chi connectivity index (χ3v) is 5.48. The summed E-state index contributed by atoms with van der Waals surface area (Å²) in [5.74, 6) is 2.02. The number of hydrogen-bond donors (Lipinski definition) is 0. The molecular formula is C22H28N6O2. The van der Waals surface area contributed by atoms with E-state index in [1.165, 1.54) is 5.56 Å². The van der Waals surface area contributed by atoms with Gasteiger partial charge in [-0.15, -0.1) is 5.10 Å². The molecule has 3 aromatic rings. The van der Waals surface area contributed by atoms with Gasteiger partial charge in [-0.2, -0.15) is 4.98 Å². The Balaban J connectivity index is 1.35. The van der Waals surface area contributed by atoms with Gasteiger partial charge in [-0.1, -0.05) is 12.1 Å². The van der Waals surface area contributed by atoms with E-state index in [0.29, 0.717) is 11.6 Å². The van der Waals surface area contributed by atoms with Crippen LogP contribution in [0.5, 0.6) is 5.75 Å². The van der Waals surface area contributed by atoms with Crippen molar-refractivity contribution in [2.75, 3.05) is 33.3 Å². The number of aromatic nitrogens is 4. The number of hydrogen-bond acceptors (Lipinski definition) is 6. The van der Waals surface area contributed by atoms with Crippen LogP contribution in [-0.2, 0) is 17.8 Å². The summed E-state index contributed by atoms with van der Waals surface area (Å²) in [5, 5.41) is 4.47. The zero-order valence-corrected chi connectivity index (χ0v) is 17.8. The number of fused-ring (bicyclic) bond motifs is 1. The Hall–Kier alpha value is -3.00. The van der Waals surface area contributed by atoms with Crippen molar-refractivity contribution < 1.29 is 9.53 Å². The Labute approximate surface area is 176 Å². The molecule has 1 saturated heterocycles. The predicted molar refractivity (Wildman–Crippen MR) is 113 cm³/mol. The van der Waals surface area contributed by atoms with Gasteiger partial charge in [0.25, 0.3) is 5.78 Å². The monoisotopic (exact) mass is 408 g/mol. The van der Waals surface area contributed by atoms with Gasteiger partial charge in [0.15, 0.2) is 5.82 Å². The van der Waals surface area contributed by atoms with Gasteiger partial charge in [0.1, 0.15) is 5.75 Å². The molecule has 8 nitrogen and oxygen atoms in total. The van der Waals surface area contributed by atoms with Gasteiger partial charge in [0.05, 0.1) is 13.5 Å². The molecule has 1 aliphatic rings. The van der Waals surface area contributed by atoms with Crippen molar-refractivity contribution in [1.29, 1.82) is 0 Å². The number of methoxy groups -OCH3 is 1. The minimum Gasteiger partial charge on any atom is -0.497 e. The van der Waals surface area contributed by atoms with E-state index in [0.717, 1.165) is 56.3 Å². The van der Waals surface area contributed by atoms with Gasteiger partial charge in [-0.3, -0.25) is 9.69 Å². The summed E-state index contributed by atoms with van der Waals surface area (Å²) < 4.78 is 6.93. The average molecular weight is 409 g/mol. The summed E-state index contributed by atoms with van der Waals surface area (Å²) in [6.45, 7) is 8.10. The Kier molecular flexibility index (Phi) is 5.94. The lowest BCUT2D eigenvalue weighted by molar-refractivity contribution is -0.130. The highest BCUT2D eigenvalue weighted by Crippen LogP contribution is 2.15. The summed E-state index contributed by atoms with van der Waals surface area (Å²) in [6.07, 6.45) is 1.17. The Morgan fingerprint density at radius 1 is 1.07 bits per heavy atom. The maximum absolute atomic E-state index is 12.9. The number of ether oxygens (including phenoxy) is 1. The molecule has 0 bridgehead atoms. The van der Waals surface area contributed by atoms with Crippen LogP contribution in [-0.4, -0.2) is 68.6 Å². The minimum atomic E-state index is 0.0755. The topological polar surface area (TPSA) is 75.9 Å². The number of rotatable bonds is 5. The molecule has 2 aromatic heterocycles. The molecular weight excluding hydrogens is 380 g/mol. The lowest BCUT2D eigenvalue weighted by Crippen LogP contribution is -2.36. The first kappa shape index (κ1) is 20.3. The van der Waals surface area contributed by atoms with Crippen LogP contribution in [0.1, 0.15) is 29.2 Å². The first-order chi connectivity index (χ1) is 14.5. The van der Waals surface area contributed by atoms with E-state index < -0.39 is 0 Å². The molecule has 0 atom stereocenters. The second-order valence-corrected chi connectivity index (χ2v) is 7.81.